The zero-order chi connectivity index (χ0) is 18.8. The quantitative estimate of drug-likeness (QED) is 0.704. The molecule has 0 bridgehead atoms. The standard InChI is InChI=1S/C21H21FN4O/c1-14-10-20(25-21(24-14)17-4-3-9-23-11-17)26-12-15(2)27-19(13-26)16-5-7-18(22)8-6-16/h3-11,15,19H,12-13H2,1-2H3. The molecule has 0 radical (unpaired) electrons. The lowest BCUT2D eigenvalue weighted by Crippen LogP contribution is -2.43. The van der Waals surface area contributed by atoms with Crippen molar-refractivity contribution in [3.05, 3.63) is 71.9 Å². The van der Waals surface area contributed by atoms with E-state index in [0.29, 0.717) is 12.4 Å². The zero-order valence-corrected chi connectivity index (χ0v) is 15.3. The normalized spacial score (nSPS) is 19.9. The highest BCUT2D eigenvalue weighted by molar-refractivity contribution is 5.57. The summed E-state index contributed by atoms with van der Waals surface area (Å²) in [6.45, 7) is 5.39. The average Bonchev–Trinajstić information content (AvgIpc) is 2.68. The Hall–Kier alpha value is -2.86. The first-order valence-electron chi connectivity index (χ1n) is 9.00. The van der Waals surface area contributed by atoms with Crippen LogP contribution in [0.25, 0.3) is 11.4 Å². The lowest BCUT2D eigenvalue weighted by atomic mass is 10.1. The number of hydrogen-bond acceptors (Lipinski definition) is 5. The summed E-state index contributed by atoms with van der Waals surface area (Å²) in [6.07, 6.45) is 3.40. The Morgan fingerprint density at radius 3 is 2.67 bits per heavy atom. The van der Waals surface area contributed by atoms with Gasteiger partial charge in [-0.3, -0.25) is 4.98 Å². The molecule has 0 aliphatic carbocycles. The van der Waals surface area contributed by atoms with Crippen molar-refractivity contribution in [1.29, 1.82) is 0 Å². The van der Waals surface area contributed by atoms with E-state index in [-0.39, 0.29) is 18.0 Å². The molecule has 5 nitrogen and oxygen atoms in total. The van der Waals surface area contributed by atoms with Crippen LogP contribution in [0.5, 0.6) is 0 Å². The summed E-state index contributed by atoms with van der Waals surface area (Å²) < 4.78 is 19.3. The molecule has 3 aromatic rings. The van der Waals surface area contributed by atoms with Gasteiger partial charge in [0.25, 0.3) is 0 Å². The summed E-state index contributed by atoms with van der Waals surface area (Å²) in [7, 11) is 0. The number of nitrogens with zero attached hydrogens (tertiary/aromatic N) is 4. The minimum Gasteiger partial charge on any atom is -0.367 e. The van der Waals surface area contributed by atoms with Crippen LogP contribution in [0.4, 0.5) is 10.2 Å². The van der Waals surface area contributed by atoms with Crippen LogP contribution in [0.15, 0.2) is 54.9 Å². The third kappa shape index (κ3) is 3.95. The molecule has 1 aliphatic heterocycles. The molecule has 4 rings (SSSR count). The van der Waals surface area contributed by atoms with Crippen molar-refractivity contribution in [2.45, 2.75) is 26.1 Å². The second-order valence-electron chi connectivity index (χ2n) is 6.82. The fraction of sp³-hybridized carbons (Fsp3) is 0.286. The van der Waals surface area contributed by atoms with Crippen molar-refractivity contribution in [3.8, 4) is 11.4 Å². The molecule has 0 saturated carbocycles. The number of pyridine rings is 1. The Morgan fingerprint density at radius 2 is 1.93 bits per heavy atom. The summed E-state index contributed by atoms with van der Waals surface area (Å²) in [5, 5.41) is 0. The molecule has 1 saturated heterocycles. The Bertz CT molecular complexity index is 917. The molecule has 2 unspecified atom stereocenters. The van der Waals surface area contributed by atoms with Gasteiger partial charge in [0.2, 0.25) is 0 Å². The van der Waals surface area contributed by atoms with E-state index in [4.69, 9.17) is 9.72 Å². The predicted molar refractivity (Wildman–Crippen MR) is 102 cm³/mol. The van der Waals surface area contributed by atoms with Crippen molar-refractivity contribution in [3.63, 3.8) is 0 Å². The number of ether oxygens (including phenoxy) is 1. The van der Waals surface area contributed by atoms with Crippen molar-refractivity contribution in [2.24, 2.45) is 0 Å². The van der Waals surface area contributed by atoms with Gasteiger partial charge in [-0.25, -0.2) is 14.4 Å². The molecule has 0 N–H and O–H groups in total. The van der Waals surface area contributed by atoms with Crippen LogP contribution >= 0.6 is 0 Å². The lowest BCUT2D eigenvalue weighted by molar-refractivity contribution is -0.0176. The Balaban J connectivity index is 1.64. The van der Waals surface area contributed by atoms with Crippen molar-refractivity contribution >= 4 is 5.82 Å². The number of benzene rings is 1. The summed E-state index contributed by atoms with van der Waals surface area (Å²) in [5.74, 6) is 1.28. The predicted octanol–water partition coefficient (Wildman–Crippen LogP) is 3.95. The molecule has 0 spiro atoms. The Morgan fingerprint density at radius 1 is 1.11 bits per heavy atom. The highest BCUT2D eigenvalue weighted by atomic mass is 19.1. The summed E-state index contributed by atoms with van der Waals surface area (Å²) in [5.41, 5.74) is 2.75. The minimum atomic E-state index is -0.244. The molecule has 0 amide bonds. The minimum absolute atomic E-state index is 0.0333. The molecule has 138 valence electrons. The number of morpholine rings is 1. The van der Waals surface area contributed by atoms with E-state index in [2.05, 4.69) is 14.9 Å². The maximum atomic E-state index is 13.2. The lowest BCUT2D eigenvalue weighted by Gasteiger charge is -2.38. The van der Waals surface area contributed by atoms with E-state index in [1.165, 1.54) is 12.1 Å². The van der Waals surface area contributed by atoms with E-state index in [1.807, 2.05) is 32.0 Å². The highest BCUT2D eigenvalue weighted by Gasteiger charge is 2.28. The van der Waals surface area contributed by atoms with Crippen LogP contribution in [0.1, 0.15) is 24.3 Å². The van der Waals surface area contributed by atoms with Gasteiger partial charge in [0.1, 0.15) is 17.7 Å². The average molecular weight is 364 g/mol. The van der Waals surface area contributed by atoms with Crippen LogP contribution in [0, 0.1) is 12.7 Å². The molecular formula is C21H21FN4O. The second kappa shape index (κ2) is 7.40. The third-order valence-electron chi connectivity index (χ3n) is 4.59. The van der Waals surface area contributed by atoms with Crippen molar-refractivity contribution in [2.75, 3.05) is 18.0 Å². The maximum Gasteiger partial charge on any atom is 0.163 e. The first-order valence-corrected chi connectivity index (χ1v) is 9.00. The van der Waals surface area contributed by atoms with Gasteiger partial charge >= 0.3 is 0 Å². The summed E-state index contributed by atoms with van der Waals surface area (Å²) >= 11 is 0. The van der Waals surface area contributed by atoms with Crippen LogP contribution in [-0.4, -0.2) is 34.1 Å². The highest BCUT2D eigenvalue weighted by Crippen LogP contribution is 2.29. The Labute approximate surface area is 157 Å². The van der Waals surface area contributed by atoms with Gasteiger partial charge in [0, 0.05) is 42.8 Å². The molecule has 2 atom stereocenters. The zero-order valence-electron chi connectivity index (χ0n) is 15.3. The summed E-state index contributed by atoms with van der Waals surface area (Å²) in [6, 6.07) is 12.3. The van der Waals surface area contributed by atoms with E-state index in [0.717, 1.165) is 29.2 Å². The molecule has 3 heterocycles. The maximum absolute atomic E-state index is 13.2. The smallest absolute Gasteiger partial charge is 0.163 e. The monoisotopic (exact) mass is 364 g/mol. The van der Waals surface area contributed by atoms with E-state index in [9.17, 15) is 4.39 Å². The molecule has 1 aromatic carbocycles. The topological polar surface area (TPSA) is 51.1 Å². The number of hydrogen-bond donors (Lipinski definition) is 0. The van der Waals surface area contributed by atoms with Gasteiger partial charge < -0.3 is 9.64 Å². The SMILES string of the molecule is Cc1cc(N2CC(C)OC(c3ccc(F)cc3)C2)nc(-c2cccnc2)n1. The van der Waals surface area contributed by atoms with Gasteiger partial charge in [0.05, 0.1) is 6.10 Å². The molecule has 27 heavy (non-hydrogen) atoms. The first kappa shape index (κ1) is 17.5. The van der Waals surface area contributed by atoms with Gasteiger partial charge in [0.15, 0.2) is 5.82 Å². The van der Waals surface area contributed by atoms with E-state index in [1.54, 1.807) is 24.5 Å². The van der Waals surface area contributed by atoms with Crippen molar-refractivity contribution < 1.29 is 9.13 Å². The fourth-order valence-electron chi connectivity index (χ4n) is 3.34. The number of anilines is 1. The van der Waals surface area contributed by atoms with Crippen molar-refractivity contribution in [1.82, 2.24) is 15.0 Å². The van der Waals surface area contributed by atoms with Gasteiger partial charge in [-0.05, 0) is 43.7 Å². The van der Waals surface area contributed by atoms with Gasteiger partial charge in [-0.2, -0.15) is 0 Å². The first-order chi connectivity index (χ1) is 13.1. The van der Waals surface area contributed by atoms with Crippen LogP contribution in [0.3, 0.4) is 0 Å². The van der Waals surface area contributed by atoms with Crippen LogP contribution in [-0.2, 0) is 4.74 Å². The largest absolute Gasteiger partial charge is 0.367 e. The number of halogens is 1. The molecular weight excluding hydrogens is 343 g/mol. The van der Waals surface area contributed by atoms with Gasteiger partial charge in [-0.15, -0.1) is 0 Å². The molecule has 6 heteroatoms. The van der Waals surface area contributed by atoms with Crippen LogP contribution in [0.2, 0.25) is 0 Å². The third-order valence-corrected chi connectivity index (χ3v) is 4.59. The van der Waals surface area contributed by atoms with Gasteiger partial charge in [-0.1, -0.05) is 12.1 Å². The molecule has 2 aromatic heterocycles. The van der Waals surface area contributed by atoms with E-state index >= 15 is 0 Å². The second-order valence-corrected chi connectivity index (χ2v) is 6.82. The molecule has 1 aliphatic rings. The fourth-order valence-corrected chi connectivity index (χ4v) is 3.34. The number of aryl methyl sites for hydroxylation is 1. The van der Waals surface area contributed by atoms with E-state index < -0.39 is 0 Å². The number of aromatic nitrogens is 3. The summed E-state index contributed by atoms with van der Waals surface area (Å²) in [4.78, 5) is 15.7. The van der Waals surface area contributed by atoms with Crippen LogP contribution < -0.4 is 4.90 Å². The Kier molecular flexibility index (Phi) is 4.81. The number of rotatable bonds is 3. The molecule has 1 fully saturated rings.